The van der Waals surface area contributed by atoms with Crippen molar-refractivity contribution < 1.29 is 22.8 Å². The first-order valence-electron chi connectivity index (χ1n) is 11.1. The van der Waals surface area contributed by atoms with E-state index < -0.39 is 21.9 Å². The molecule has 3 aromatic rings. The number of carbonyl (C=O) groups excluding carboxylic acids is 3. The van der Waals surface area contributed by atoms with Crippen molar-refractivity contribution in [2.24, 2.45) is 0 Å². The third-order valence-corrected chi connectivity index (χ3v) is 7.51. The molecule has 11 heteroatoms. The number of benzene rings is 2. The number of rotatable bonds is 6. The third-order valence-electron chi connectivity index (χ3n) is 6.07. The highest BCUT2D eigenvalue weighted by atomic mass is 32.2. The zero-order valence-electron chi connectivity index (χ0n) is 19.7. The van der Waals surface area contributed by atoms with Gasteiger partial charge in [0.05, 0.1) is 16.8 Å². The van der Waals surface area contributed by atoms with Crippen LogP contribution in [0.1, 0.15) is 27.6 Å². The molecule has 1 fully saturated rings. The second kappa shape index (κ2) is 9.51. The Kier molecular flexibility index (Phi) is 6.64. The molecule has 10 nitrogen and oxygen atoms in total. The molecule has 1 aliphatic rings. The zero-order chi connectivity index (χ0) is 25.3. The topological polar surface area (TPSA) is 123 Å². The number of H-pyrrole nitrogens is 1. The van der Waals surface area contributed by atoms with Gasteiger partial charge < -0.3 is 14.8 Å². The SMILES string of the molecule is CC1CN(C(=O)c2ccccc2)CCN1C(=O)C(=O)c1c[nH]c2c(NS(=O)(=O)N(C)C)cccc12. The molecule has 2 N–H and O–H groups in total. The summed E-state index contributed by atoms with van der Waals surface area (Å²) in [6.07, 6.45) is 1.41. The Hall–Kier alpha value is -3.70. The van der Waals surface area contributed by atoms with Gasteiger partial charge in [0.2, 0.25) is 0 Å². The molecule has 2 aromatic carbocycles. The van der Waals surface area contributed by atoms with Crippen LogP contribution in [0.2, 0.25) is 0 Å². The number of piperazine rings is 1. The predicted molar refractivity (Wildman–Crippen MR) is 132 cm³/mol. The smallest absolute Gasteiger partial charge is 0.301 e. The molecule has 0 radical (unpaired) electrons. The number of fused-ring (bicyclic) bond motifs is 1. The number of hydrogen-bond acceptors (Lipinski definition) is 5. The summed E-state index contributed by atoms with van der Waals surface area (Å²) in [5.41, 5.74) is 1.41. The maximum atomic E-state index is 13.2. The van der Waals surface area contributed by atoms with Gasteiger partial charge in [0.25, 0.3) is 17.6 Å². The van der Waals surface area contributed by atoms with E-state index in [2.05, 4.69) is 9.71 Å². The van der Waals surface area contributed by atoms with E-state index in [1.54, 1.807) is 54.3 Å². The summed E-state index contributed by atoms with van der Waals surface area (Å²) in [6.45, 7) is 2.68. The first kappa shape index (κ1) is 24.4. The van der Waals surface area contributed by atoms with E-state index in [4.69, 9.17) is 0 Å². The molecule has 1 aliphatic heterocycles. The lowest BCUT2D eigenvalue weighted by Gasteiger charge is -2.39. The highest BCUT2D eigenvalue weighted by molar-refractivity contribution is 7.90. The molecule has 184 valence electrons. The van der Waals surface area contributed by atoms with Crippen molar-refractivity contribution in [1.82, 2.24) is 19.1 Å². The number of nitrogens with zero attached hydrogens (tertiary/aromatic N) is 3. The number of ketones is 1. The molecule has 1 saturated heterocycles. The number of aromatic amines is 1. The van der Waals surface area contributed by atoms with Gasteiger partial charge in [-0.1, -0.05) is 30.3 Å². The van der Waals surface area contributed by atoms with Gasteiger partial charge >= 0.3 is 10.2 Å². The van der Waals surface area contributed by atoms with Crippen molar-refractivity contribution in [2.45, 2.75) is 13.0 Å². The molecular weight excluding hydrogens is 470 g/mol. The molecule has 1 atom stereocenters. The van der Waals surface area contributed by atoms with E-state index in [1.807, 2.05) is 6.07 Å². The van der Waals surface area contributed by atoms with Gasteiger partial charge in [-0.15, -0.1) is 0 Å². The minimum absolute atomic E-state index is 0.111. The minimum atomic E-state index is -3.76. The number of anilines is 1. The number of amides is 2. The number of nitrogens with one attached hydrogen (secondary N) is 2. The van der Waals surface area contributed by atoms with Gasteiger partial charge in [-0.25, -0.2) is 0 Å². The van der Waals surface area contributed by atoms with Gasteiger partial charge in [-0.05, 0) is 25.1 Å². The summed E-state index contributed by atoms with van der Waals surface area (Å²) in [4.78, 5) is 45.2. The Balaban J connectivity index is 1.51. The molecule has 2 amide bonds. The predicted octanol–water partition coefficient (Wildman–Crippen LogP) is 1.94. The van der Waals surface area contributed by atoms with Crippen molar-refractivity contribution in [3.05, 3.63) is 65.9 Å². The summed E-state index contributed by atoms with van der Waals surface area (Å²) in [5, 5.41) is 0.438. The van der Waals surface area contributed by atoms with Gasteiger partial charge in [-0.2, -0.15) is 12.7 Å². The summed E-state index contributed by atoms with van der Waals surface area (Å²) in [6, 6.07) is 13.4. The fourth-order valence-corrected chi connectivity index (χ4v) is 4.74. The Bertz CT molecular complexity index is 1380. The lowest BCUT2D eigenvalue weighted by Crippen LogP contribution is -2.56. The molecular formula is C24H27N5O5S. The number of aromatic nitrogens is 1. The van der Waals surface area contributed by atoms with Gasteiger partial charge in [-0.3, -0.25) is 19.1 Å². The Morgan fingerprint density at radius 3 is 2.40 bits per heavy atom. The molecule has 0 saturated carbocycles. The van der Waals surface area contributed by atoms with E-state index >= 15 is 0 Å². The van der Waals surface area contributed by atoms with Gasteiger partial charge in [0.15, 0.2) is 0 Å². The lowest BCUT2D eigenvalue weighted by atomic mass is 10.1. The van der Waals surface area contributed by atoms with Crippen LogP contribution in [0.25, 0.3) is 10.9 Å². The fraction of sp³-hybridized carbons (Fsp3) is 0.292. The van der Waals surface area contributed by atoms with E-state index in [1.165, 1.54) is 25.2 Å². The highest BCUT2D eigenvalue weighted by Crippen LogP contribution is 2.27. The van der Waals surface area contributed by atoms with Gasteiger partial charge in [0, 0.05) is 56.9 Å². The molecule has 1 unspecified atom stereocenters. The number of carbonyl (C=O) groups is 3. The van der Waals surface area contributed by atoms with Crippen molar-refractivity contribution in [3.63, 3.8) is 0 Å². The lowest BCUT2D eigenvalue weighted by molar-refractivity contribution is -0.130. The second-order valence-corrected chi connectivity index (χ2v) is 10.5. The van der Waals surface area contributed by atoms with Crippen LogP contribution in [0.15, 0.2) is 54.7 Å². The Morgan fingerprint density at radius 1 is 1.03 bits per heavy atom. The molecule has 35 heavy (non-hydrogen) atoms. The maximum Gasteiger partial charge on any atom is 0.301 e. The molecule has 1 aromatic heterocycles. The standard InChI is InChI=1S/C24H27N5O5S/c1-16-15-28(23(31)17-8-5-4-6-9-17)12-13-29(16)24(32)22(30)19-14-25-21-18(19)10-7-11-20(21)26-35(33,34)27(2)3/h4-11,14,16,25-26H,12-13,15H2,1-3H3. The minimum Gasteiger partial charge on any atom is -0.359 e. The van der Waals surface area contributed by atoms with Crippen molar-refractivity contribution in [3.8, 4) is 0 Å². The molecule has 4 rings (SSSR count). The highest BCUT2D eigenvalue weighted by Gasteiger charge is 2.34. The molecule has 0 aliphatic carbocycles. The monoisotopic (exact) mass is 497 g/mol. The van der Waals surface area contributed by atoms with E-state index in [0.717, 1.165) is 4.31 Å². The first-order chi connectivity index (χ1) is 16.6. The van der Waals surface area contributed by atoms with Crippen LogP contribution < -0.4 is 4.72 Å². The second-order valence-electron chi connectivity index (χ2n) is 8.61. The van der Waals surface area contributed by atoms with E-state index in [9.17, 15) is 22.8 Å². The molecule has 0 bridgehead atoms. The molecule has 0 spiro atoms. The van der Waals surface area contributed by atoms with Crippen molar-refractivity contribution >= 4 is 44.4 Å². The number of hydrogen-bond donors (Lipinski definition) is 2. The average Bonchev–Trinajstić information content (AvgIpc) is 3.28. The Labute approximate surface area is 203 Å². The maximum absolute atomic E-state index is 13.2. The number of Topliss-reactive ketones (excluding diaryl/α,β-unsaturated/α-hetero) is 1. The first-order valence-corrected chi connectivity index (χ1v) is 12.5. The summed E-state index contributed by atoms with van der Waals surface area (Å²) in [7, 11) is -0.952. The van der Waals surface area contributed by atoms with Crippen molar-refractivity contribution in [2.75, 3.05) is 38.5 Å². The quantitative estimate of drug-likeness (QED) is 0.398. The third kappa shape index (κ3) is 4.77. The normalized spacial score (nSPS) is 16.5. The van der Waals surface area contributed by atoms with Crippen LogP contribution in [0.5, 0.6) is 0 Å². The van der Waals surface area contributed by atoms with E-state index in [-0.39, 0.29) is 29.7 Å². The van der Waals surface area contributed by atoms with Crippen LogP contribution in [-0.4, -0.2) is 84.9 Å². The van der Waals surface area contributed by atoms with Crippen LogP contribution in [0.3, 0.4) is 0 Å². The van der Waals surface area contributed by atoms with Crippen LogP contribution in [0, 0.1) is 0 Å². The van der Waals surface area contributed by atoms with Gasteiger partial charge in [0.1, 0.15) is 0 Å². The van der Waals surface area contributed by atoms with Crippen LogP contribution >= 0.6 is 0 Å². The van der Waals surface area contributed by atoms with E-state index in [0.29, 0.717) is 29.6 Å². The molecule has 2 heterocycles. The summed E-state index contributed by atoms with van der Waals surface area (Å²) < 4.78 is 28.0. The number of para-hydroxylation sites is 1. The van der Waals surface area contributed by atoms with Crippen LogP contribution in [0.4, 0.5) is 5.69 Å². The van der Waals surface area contributed by atoms with Crippen LogP contribution in [-0.2, 0) is 15.0 Å². The van der Waals surface area contributed by atoms with Crippen molar-refractivity contribution in [1.29, 1.82) is 0 Å². The zero-order valence-corrected chi connectivity index (χ0v) is 20.5. The largest absolute Gasteiger partial charge is 0.359 e. The fourth-order valence-electron chi connectivity index (χ4n) is 4.11. The summed E-state index contributed by atoms with van der Waals surface area (Å²) in [5.74, 6) is -1.47. The summed E-state index contributed by atoms with van der Waals surface area (Å²) >= 11 is 0. The average molecular weight is 498 g/mol. The Morgan fingerprint density at radius 2 is 1.74 bits per heavy atom.